The van der Waals surface area contributed by atoms with Crippen LogP contribution < -0.4 is 0 Å². The Hall–Kier alpha value is -1.97. The third-order valence-electron chi connectivity index (χ3n) is 4.23. The second-order valence-corrected chi connectivity index (χ2v) is 5.36. The maximum atomic E-state index is 11.7. The summed E-state index contributed by atoms with van der Waals surface area (Å²) in [5, 5.41) is 4.08. The highest BCUT2D eigenvalue weighted by molar-refractivity contribution is 5.86. The quantitative estimate of drug-likeness (QED) is 0.826. The van der Waals surface area contributed by atoms with E-state index in [9.17, 15) is 4.79 Å². The Labute approximate surface area is 110 Å². The van der Waals surface area contributed by atoms with E-state index in [-0.39, 0.29) is 17.6 Å². The van der Waals surface area contributed by atoms with Gasteiger partial charge in [0.2, 0.25) is 5.89 Å². The number of nitrogens with zero attached hydrogens (tertiary/aromatic N) is 2. The highest BCUT2D eigenvalue weighted by Gasteiger charge is 2.34. The van der Waals surface area contributed by atoms with E-state index in [1.165, 1.54) is 11.1 Å². The summed E-state index contributed by atoms with van der Waals surface area (Å²) in [6.07, 6.45) is 3.40. The molecule has 0 amide bonds. The molecule has 2 aliphatic rings. The largest absolute Gasteiger partial charge is 0.339 e. The lowest BCUT2D eigenvalue weighted by molar-refractivity contribution is -0.119. The van der Waals surface area contributed by atoms with Crippen molar-refractivity contribution in [3.05, 3.63) is 47.1 Å². The molecule has 2 aromatic rings. The maximum absolute atomic E-state index is 11.7. The summed E-state index contributed by atoms with van der Waals surface area (Å²) in [7, 11) is 0. The fourth-order valence-corrected chi connectivity index (χ4v) is 3.10. The number of carbonyl (C=O) groups is 1. The zero-order valence-corrected chi connectivity index (χ0v) is 10.5. The molecule has 1 heterocycles. The third kappa shape index (κ3) is 1.63. The molecule has 0 aliphatic heterocycles. The van der Waals surface area contributed by atoms with Crippen molar-refractivity contribution in [2.75, 3.05) is 0 Å². The maximum Gasteiger partial charge on any atom is 0.237 e. The number of fused-ring (bicyclic) bond motifs is 1. The first-order valence-corrected chi connectivity index (χ1v) is 6.77. The zero-order chi connectivity index (χ0) is 12.8. The monoisotopic (exact) mass is 254 g/mol. The Bertz CT molecular complexity index is 647. The van der Waals surface area contributed by atoms with Gasteiger partial charge in [-0.1, -0.05) is 29.4 Å². The Morgan fingerprint density at radius 2 is 2.11 bits per heavy atom. The predicted molar refractivity (Wildman–Crippen MR) is 67.9 cm³/mol. The molecule has 4 heteroatoms. The Morgan fingerprint density at radius 3 is 2.89 bits per heavy atom. The van der Waals surface area contributed by atoms with Crippen LogP contribution in [0.2, 0.25) is 0 Å². The van der Waals surface area contributed by atoms with Crippen LogP contribution in [0.3, 0.4) is 0 Å². The van der Waals surface area contributed by atoms with Crippen LogP contribution in [0, 0.1) is 0 Å². The van der Waals surface area contributed by atoms with Crippen LogP contribution >= 0.6 is 0 Å². The summed E-state index contributed by atoms with van der Waals surface area (Å²) in [6, 6.07) is 8.33. The molecule has 96 valence electrons. The smallest absolute Gasteiger partial charge is 0.237 e. The highest BCUT2D eigenvalue weighted by Crippen LogP contribution is 2.39. The molecule has 4 rings (SSSR count). The van der Waals surface area contributed by atoms with Crippen molar-refractivity contribution < 1.29 is 9.32 Å². The van der Waals surface area contributed by atoms with Crippen molar-refractivity contribution in [2.24, 2.45) is 0 Å². The average molecular weight is 254 g/mol. The molecule has 1 aromatic carbocycles. The molecular formula is C15H14N2O2. The fraction of sp³-hybridized carbons (Fsp3) is 0.400. The number of hydrogen-bond donors (Lipinski definition) is 0. The number of rotatable bonds is 2. The minimum Gasteiger partial charge on any atom is -0.339 e. The molecule has 0 N–H and O–H groups in total. The lowest BCUT2D eigenvalue weighted by atomic mass is 9.77. The van der Waals surface area contributed by atoms with E-state index in [2.05, 4.69) is 22.3 Å². The number of hydrogen-bond acceptors (Lipinski definition) is 4. The van der Waals surface area contributed by atoms with E-state index >= 15 is 0 Å². The van der Waals surface area contributed by atoms with E-state index in [0.717, 1.165) is 25.1 Å². The van der Waals surface area contributed by atoms with Gasteiger partial charge in [-0.05, 0) is 30.4 Å². The van der Waals surface area contributed by atoms with Gasteiger partial charge in [0.25, 0.3) is 0 Å². The molecule has 2 atom stereocenters. The molecule has 0 radical (unpaired) electrons. The van der Waals surface area contributed by atoms with Crippen molar-refractivity contribution in [2.45, 2.75) is 37.5 Å². The Morgan fingerprint density at radius 1 is 1.21 bits per heavy atom. The van der Waals surface area contributed by atoms with Crippen LogP contribution in [0.15, 0.2) is 28.8 Å². The first-order chi connectivity index (χ1) is 9.33. The zero-order valence-electron chi connectivity index (χ0n) is 10.5. The minimum atomic E-state index is -0.156. The van der Waals surface area contributed by atoms with Crippen molar-refractivity contribution in [1.82, 2.24) is 10.1 Å². The van der Waals surface area contributed by atoms with Crippen LogP contribution in [0.1, 0.15) is 53.9 Å². The van der Waals surface area contributed by atoms with Crippen LogP contribution in [0.25, 0.3) is 0 Å². The number of benzene rings is 1. The number of carbonyl (C=O) groups excluding carboxylic acids is 1. The molecule has 1 fully saturated rings. The molecular weight excluding hydrogens is 240 g/mol. The lowest BCUT2D eigenvalue weighted by Crippen LogP contribution is -2.19. The predicted octanol–water partition coefficient (Wildman–Crippen LogP) is 2.59. The Balaban J connectivity index is 1.62. The summed E-state index contributed by atoms with van der Waals surface area (Å²) in [5.74, 6) is 1.57. The van der Waals surface area contributed by atoms with Crippen molar-refractivity contribution in [3.8, 4) is 0 Å². The van der Waals surface area contributed by atoms with Gasteiger partial charge in [-0.3, -0.25) is 4.79 Å². The van der Waals surface area contributed by atoms with Gasteiger partial charge in [-0.25, -0.2) is 0 Å². The fourth-order valence-electron chi connectivity index (χ4n) is 3.10. The second-order valence-electron chi connectivity index (χ2n) is 5.36. The van der Waals surface area contributed by atoms with E-state index in [1.54, 1.807) is 0 Å². The molecule has 1 aromatic heterocycles. The number of ketones is 1. The summed E-state index contributed by atoms with van der Waals surface area (Å²) in [5.41, 5.74) is 2.64. The van der Waals surface area contributed by atoms with Gasteiger partial charge >= 0.3 is 0 Å². The van der Waals surface area contributed by atoms with E-state index in [0.29, 0.717) is 12.3 Å². The van der Waals surface area contributed by atoms with E-state index in [4.69, 9.17) is 4.52 Å². The van der Waals surface area contributed by atoms with Crippen LogP contribution in [-0.2, 0) is 11.2 Å². The summed E-state index contributed by atoms with van der Waals surface area (Å²) < 4.78 is 5.31. The molecule has 2 unspecified atom stereocenters. The molecule has 1 saturated carbocycles. The second kappa shape index (κ2) is 4.02. The normalized spacial score (nSPS) is 25.2. The van der Waals surface area contributed by atoms with Crippen LogP contribution in [-0.4, -0.2) is 15.9 Å². The molecule has 0 saturated heterocycles. The molecule has 2 aliphatic carbocycles. The van der Waals surface area contributed by atoms with Crippen molar-refractivity contribution >= 4 is 5.78 Å². The number of aromatic nitrogens is 2. The molecule has 4 nitrogen and oxygen atoms in total. The molecule has 19 heavy (non-hydrogen) atoms. The van der Waals surface area contributed by atoms with Gasteiger partial charge in [-0.15, -0.1) is 0 Å². The topological polar surface area (TPSA) is 56.0 Å². The molecule has 0 bridgehead atoms. The van der Waals surface area contributed by atoms with E-state index in [1.807, 2.05) is 12.1 Å². The molecule has 0 spiro atoms. The lowest BCUT2D eigenvalue weighted by Gasteiger charge is -2.27. The average Bonchev–Trinajstić information content (AvgIpc) is 3.00. The van der Waals surface area contributed by atoms with Crippen LogP contribution in [0.4, 0.5) is 0 Å². The standard InChI is InChI=1S/C15H14N2O2/c18-13-7-3-6-11(13)15-16-14(17-19-15)12-8-9-4-1-2-5-10(9)12/h1-2,4-5,11-12H,3,6-8H2. The van der Waals surface area contributed by atoms with Gasteiger partial charge < -0.3 is 4.52 Å². The van der Waals surface area contributed by atoms with E-state index < -0.39 is 0 Å². The van der Waals surface area contributed by atoms with Gasteiger partial charge in [0.05, 0.1) is 11.8 Å². The van der Waals surface area contributed by atoms with Gasteiger partial charge in [-0.2, -0.15) is 4.98 Å². The van der Waals surface area contributed by atoms with Crippen molar-refractivity contribution in [3.63, 3.8) is 0 Å². The van der Waals surface area contributed by atoms with Crippen molar-refractivity contribution in [1.29, 1.82) is 0 Å². The minimum absolute atomic E-state index is 0.156. The van der Waals surface area contributed by atoms with Crippen LogP contribution in [0.5, 0.6) is 0 Å². The van der Waals surface area contributed by atoms with Gasteiger partial charge in [0.1, 0.15) is 5.78 Å². The number of Topliss-reactive ketones (excluding diaryl/α,β-unsaturated/α-hetero) is 1. The first kappa shape index (κ1) is 10.9. The SMILES string of the molecule is O=C1CCCC1c1nc(C2Cc3ccccc32)no1. The van der Waals surface area contributed by atoms with Gasteiger partial charge in [0.15, 0.2) is 5.82 Å². The first-order valence-electron chi connectivity index (χ1n) is 6.77. The van der Waals surface area contributed by atoms with Gasteiger partial charge in [0, 0.05) is 6.42 Å². The Kier molecular flexibility index (Phi) is 2.31. The third-order valence-corrected chi connectivity index (χ3v) is 4.23. The summed E-state index contributed by atoms with van der Waals surface area (Å²) in [4.78, 5) is 16.2. The highest BCUT2D eigenvalue weighted by atomic mass is 16.5. The summed E-state index contributed by atoms with van der Waals surface area (Å²) in [6.45, 7) is 0. The summed E-state index contributed by atoms with van der Waals surface area (Å²) >= 11 is 0.